The highest BCUT2D eigenvalue weighted by molar-refractivity contribution is 5.76. The van der Waals surface area contributed by atoms with Crippen molar-refractivity contribution in [2.24, 2.45) is 0 Å². The predicted octanol–water partition coefficient (Wildman–Crippen LogP) is 2.85. The van der Waals surface area contributed by atoms with E-state index in [4.69, 9.17) is 0 Å². The number of hydrogen-bond donors (Lipinski definition) is 1. The van der Waals surface area contributed by atoms with Gasteiger partial charge in [-0.2, -0.15) is 5.10 Å². The van der Waals surface area contributed by atoms with Crippen molar-refractivity contribution in [3.8, 4) is 0 Å². The first kappa shape index (κ1) is 18.2. The van der Waals surface area contributed by atoms with E-state index in [0.29, 0.717) is 25.3 Å². The minimum absolute atomic E-state index is 0.0423. The smallest absolute Gasteiger partial charge is 0.318 e. The van der Waals surface area contributed by atoms with Crippen LogP contribution < -0.4 is 10.2 Å². The molecule has 7 nitrogen and oxygen atoms in total. The molecular weight excluding hydrogens is 359 g/mol. The number of pyridine rings is 2. The van der Waals surface area contributed by atoms with Crippen LogP contribution in [0.3, 0.4) is 0 Å². The second kappa shape index (κ2) is 7.46. The zero-order chi connectivity index (χ0) is 19.7. The van der Waals surface area contributed by atoms with E-state index in [1.165, 1.54) is 6.20 Å². The van der Waals surface area contributed by atoms with Crippen molar-refractivity contribution >= 4 is 17.2 Å². The van der Waals surface area contributed by atoms with Gasteiger partial charge in [-0.1, -0.05) is 6.07 Å². The topological polar surface area (TPSA) is 65.8 Å². The Labute approximate surface area is 162 Å². The number of halogens is 1. The van der Waals surface area contributed by atoms with Crippen molar-refractivity contribution in [2.45, 2.75) is 25.9 Å². The van der Waals surface area contributed by atoms with Crippen LogP contribution in [0, 0.1) is 5.82 Å². The van der Waals surface area contributed by atoms with Gasteiger partial charge < -0.3 is 15.1 Å². The summed E-state index contributed by atoms with van der Waals surface area (Å²) in [6, 6.07) is 7.21. The van der Waals surface area contributed by atoms with Crippen LogP contribution in [0.5, 0.6) is 0 Å². The number of aromatic nitrogens is 3. The standard InChI is InChI=1S/C20H23FN6O/c1-14-13-25(19-5-7-22-12-17(19)21)10-11-26(14)20(28)24-15(2)16-4-3-9-27-18(16)6-8-23-27/h3-9,12,14-15H,10-11,13H2,1-2H3,(H,24,28)/t14-,15+/m1/s1. The monoisotopic (exact) mass is 382 g/mol. The summed E-state index contributed by atoms with van der Waals surface area (Å²) < 4.78 is 15.8. The van der Waals surface area contributed by atoms with Crippen molar-refractivity contribution in [3.63, 3.8) is 0 Å². The van der Waals surface area contributed by atoms with Gasteiger partial charge in [0.05, 0.1) is 23.4 Å². The van der Waals surface area contributed by atoms with Crippen LogP contribution in [0.15, 0.2) is 49.1 Å². The molecule has 3 aromatic rings. The Balaban J connectivity index is 1.43. The number of hydrogen-bond acceptors (Lipinski definition) is 4. The molecule has 0 bridgehead atoms. The molecule has 0 saturated carbocycles. The Kier molecular flexibility index (Phi) is 4.85. The molecule has 4 heterocycles. The van der Waals surface area contributed by atoms with Gasteiger partial charge in [-0.3, -0.25) is 4.98 Å². The number of piperazine rings is 1. The molecule has 2 amide bonds. The lowest BCUT2D eigenvalue weighted by Gasteiger charge is -2.41. The van der Waals surface area contributed by atoms with Crippen LogP contribution >= 0.6 is 0 Å². The molecule has 0 aromatic carbocycles. The van der Waals surface area contributed by atoms with Crippen molar-refractivity contribution in [1.29, 1.82) is 0 Å². The summed E-state index contributed by atoms with van der Waals surface area (Å²) in [6.45, 7) is 5.62. The van der Waals surface area contributed by atoms with Gasteiger partial charge >= 0.3 is 6.03 Å². The van der Waals surface area contributed by atoms with E-state index in [-0.39, 0.29) is 23.9 Å². The third-order valence-electron chi connectivity index (χ3n) is 5.26. The van der Waals surface area contributed by atoms with Crippen LogP contribution in [-0.4, -0.2) is 51.2 Å². The Bertz CT molecular complexity index is 989. The van der Waals surface area contributed by atoms with Gasteiger partial charge in [-0.05, 0) is 37.6 Å². The second-order valence-corrected chi connectivity index (χ2v) is 7.11. The van der Waals surface area contributed by atoms with E-state index in [0.717, 1.165) is 11.1 Å². The Morgan fingerprint density at radius 2 is 2.14 bits per heavy atom. The largest absolute Gasteiger partial charge is 0.365 e. The highest BCUT2D eigenvalue weighted by Gasteiger charge is 2.29. The molecule has 3 aromatic heterocycles. The molecule has 1 N–H and O–H groups in total. The number of nitrogens with zero attached hydrogens (tertiary/aromatic N) is 5. The molecule has 0 radical (unpaired) electrons. The van der Waals surface area contributed by atoms with Gasteiger partial charge in [0.2, 0.25) is 0 Å². The van der Waals surface area contributed by atoms with E-state index in [2.05, 4.69) is 15.4 Å². The van der Waals surface area contributed by atoms with Gasteiger partial charge in [0, 0.05) is 44.3 Å². The van der Waals surface area contributed by atoms with E-state index in [1.807, 2.05) is 48.0 Å². The lowest BCUT2D eigenvalue weighted by Crippen LogP contribution is -2.57. The fourth-order valence-electron chi connectivity index (χ4n) is 3.79. The summed E-state index contributed by atoms with van der Waals surface area (Å²) in [7, 11) is 0. The number of nitrogens with one attached hydrogen (secondary N) is 1. The molecule has 4 rings (SSSR count). The SMILES string of the molecule is C[C@H](NC(=O)N1CCN(c2ccncc2F)C[C@H]1C)c1cccn2nccc12. The van der Waals surface area contributed by atoms with Crippen LogP contribution in [0.2, 0.25) is 0 Å². The Morgan fingerprint density at radius 1 is 1.29 bits per heavy atom. The summed E-state index contributed by atoms with van der Waals surface area (Å²) in [4.78, 5) is 20.4. The summed E-state index contributed by atoms with van der Waals surface area (Å²) in [5.41, 5.74) is 2.52. The van der Waals surface area contributed by atoms with Crippen molar-refractivity contribution in [2.75, 3.05) is 24.5 Å². The fraction of sp³-hybridized carbons (Fsp3) is 0.350. The minimum Gasteiger partial charge on any atom is -0.365 e. The van der Waals surface area contributed by atoms with Crippen molar-refractivity contribution in [3.05, 3.63) is 60.4 Å². The second-order valence-electron chi connectivity index (χ2n) is 7.11. The zero-order valence-electron chi connectivity index (χ0n) is 15.9. The average Bonchev–Trinajstić information content (AvgIpc) is 3.17. The first-order valence-electron chi connectivity index (χ1n) is 9.38. The number of amides is 2. The number of carbonyl (C=O) groups excluding carboxylic acids is 1. The highest BCUT2D eigenvalue weighted by Crippen LogP contribution is 2.23. The van der Waals surface area contributed by atoms with Gasteiger partial charge in [0.25, 0.3) is 0 Å². The summed E-state index contributed by atoms with van der Waals surface area (Å²) in [5.74, 6) is -0.338. The zero-order valence-corrected chi connectivity index (χ0v) is 15.9. The molecular formula is C20H23FN6O. The van der Waals surface area contributed by atoms with Crippen LogP contribution in [0.1, 0.15) is 25.5 Å². The van der Waals surface area contributed by atoms with E-state index >= 15 is 0 Å². The number of anilines is 1. The van der Waals surface area contributed by atoms with Gasteiger partial charge in [0.15, 0.2) is 5.82 Å². The molecule has 146 valence electrons. The van der Waals surface area contributed by atoms with E-state index in [1.54, 1.807) is 23.0 Å². The minimum atomic E-state index is -0.338. The molecule has 1 aliphatic heterocycles. The van der Waals surface area contributed by atoms with Gasteiger partial charge in [0.1, 0.15) is 0 Å². The fourth-order valence-corrected chi connectivity index (χ4v) is 3.79. The first-order valence-corrected chi connectivity index (χ1v) is 9.38. The quantitative estimate of drug-likeness (QED) is 0.757. The molecule has 0 aliphatic carbocycles. The summed E-state index contributed by atoms with van der Waals surface area (Å²) >= 11 is 0. The lowest BCUT2D eigenvalue weighted by atomic mass is 10.1. The first-order chi connectivity index (χ1) is 13.5. The third kappa shape index (κ3) is 3.37. The number of urea groups is 1. The van der Waals surface area contributed by atoms with Crippen LogP contribution in [0.25, 0.3) is 5.52 Å². The maximum atomic E-state index is 14.0. The summed E-state index contributed by atoms with van der Waals surface area (Å²) in [5, 5.41) is 7.33. The number of carbonyl (C=O) groups is 1. The molecule has 1 saturated heterocycles. The maximum absolute atomic E-state index is 14.0. The molecule has 28 heavy (non-hydrogen) atoms. The van der Waals surface area contributed by atoms with Crippen LogP contribution in [0.4, 0.5) is 14.9 Å². The molecule has 0 unspecified atom stereocenters. The Hall–Kier alpha value is -3.16. The lowest BCUT2D eigenvalue weighted by molar-refractivity contribution is 0.168. The van der Waals surface area contributed by atoms with Crippen molar-refractivity contribution < 1.29 is 9.18 Å². The van der Waals surface area contributed by atoms with E-state index < -0.39 is 0 Å². The number of rotatable bonds is 3. The maximum Gasteiger partial charge on any atom is 0.318 e. The van der Waals surface area contributed by atoms with E-state index in [9.17, 15) is 9.18 Å². The van der Waals surface area contributed by atoms with Gasteiger partial charge in [-0.25, -0.2) is 13.7 Å². The molecule has 2 atom stereocenters. The third-order valence-corrected chi connectivity index (χ3v) is 5.26. The molecule has 0 spiro atoms. The summed E-state index contributed by atoms with van der Waals surface area (Å²) in [6.07, 6.45) is 6.43. The highest BCUT2D eigenvalue weighted by atomic mass is 19.1. The Morgan fingerprint density at radius 3 is 2.93 bits per heavy atom. The number of fused-ring (bicyclic) bond motifs is 1. The normalized spacial score (nSPS) is 18.3. The molecule has 8 heteroatoms. The van der Waals surface area contributed by atoms with Crippen LogP contribution in [-0.2, 0) is 0 Å². The molecule has 1 aliphatic rings. The van der Waals surface area contributed by atoms with Gasteiger partial charge in [-0.15, -0.1) is 0 Å². The molecule has 1 fully saturated rings. The van der Waals surface area contributed by atoms with Crippen molar-refractivity contribution in [1.82, 2.24) is 24.8 Å². The average molecular weight is 382 g/mol. The predicted molar refractivity (Wildman–Crippen MR) is 105 cm³/mol.